The molecule has 27 heavy (non-hydrogen) atoms. The van der Waals surface area contributed by atoms with Gasteiger partial charge in [0.1, 0.15) is 11.3 Å². The van der Waals surface area contributed by atoms with Crippen molar-refractivity contribution in [3.05, 3.63) is 58.7 Å². The van der Waals surface area contributed by atoms with Crippen LogP contribution in [0.1, 0.15) is 27.0 Å². The van der Waals surface area contributed by atoms with Gasteiger partial charge in [-0.2, -0.15) is 0 Å². The summed E-state index contributed by atoms with van der Waals surface area (Å²) in [6, 6.07) is 9.97. The van der Waals surface area contributed by atoms with E-state index < -0.39 is 16.0 Å². The third kappa shape index (κ3) is 4.59. The normalized spacial score (nSPS) is 12.8. The van der Waals surface area contributed by atoms with Crippen LogP contribution in [0, 0.1) is 0 Å². The maximum absolute atomic E-state index is 12.6. The van der Waals surface area contributed by atoms with Crippen LogP contribution in [0.15, 0.2) is 41.3 Å². The highest BCUT2D eigenvalue weighted by atomic mass is 35.5. The minimum Gasteiger partial charge on any atom is -0.496 e. The minimum absolute atomic E-state index is 0. The number of ether oxygens (including phenoxy) is 2. The summed E-state index contributed by atoms with van der Waals surface area (Å²) in [4.78, 5) is 11.8. The number of rotatable bonds is 6. The molecule has 0 aromatic heterocycles. The van der Waals surface area contributed by atoms with Crippen molar-refractivity contribution < 1.29 is 22.7 Å². The molecule has 0 unspecified atom stereocenters. The Kier molecular flexibility index (Phi) is 6.83. The van der Waals surface area contributed by atoms with Gasteiger partial charge in [0.2, 0.25) is 10.0 Å². The molecule has 0 spiro atoms. The van der Waals surface area contributed by atoms with Crippen molar-refractivity contribution in [2.45, 2.75) is 24.5 Å². The monoisotopic (exact) mass is 412 g/mol. The molecule has 0 fully saturated rings. The number of hydrogen-bond donors (Lipinski definition) is 2. The second kappa shape index (κ2) is 8.71. The average Bonchev–Trinajstić information content (AvgIpc) is 3.13. The highest BCUT2D eigenvalue weighted by Crippen LogP contribution is 2.23. The molecule has 1 heterocycles. The Balaban J connectivity index is 0.00000261. The van der Waals surface area contributed by atoms with E-state index in [0.29, 0.717) is 0 Å². The number of esters is 1. The molecule has 1 aliphatic heterocycles. The zero-order valence-electron chi connectivity index (χ0n) is 14.9. The molecule has 2 aromatic rings. The van der Waals surface area contributed by atoms with Crippen LogP contribution >= 0.6 is 12.4 Å². The van der Waals surface area contributed by atoms with Crippen molar-refractivity contribution in [1.82, 2.24) is 10.0 Å². The number of carbonyl (C=O) groups excluding carboxylic acids is 1. The van der Waals surface area contributed by atoms with Crippen molar-refractivity contribution in [3.8, 4) is 5.75 Å². The van der Waals surface area contributed by atoms with Gasteiger partial charge >= 0.3 is 5.97 Å². The topological polar surface area (TPSA) is 93.7 Å². The lowest BCUT2D eigenvalue weighted by Gasteiger charge is -2.11. The Bertz CT molecular complexity index is 947. The largest absolute Gasteiger partial charge is 0.496 e. The van der Waals surface area contributed by atoms with Crippen LogP contribution in [-0.4, -0.2) is 28.6 Å². The number of hydrogen-bond acceptors (Lipinski definition) is 6. The number of fused-ring (bicyclic) bond motifs is 1. The van der Waals surface area contributed by atoms with Crippen LogP contribution in [0.2, 0.25) is 0 Å². The Morgan fingerprint density at radius 1 is 1.11 bits per heavy atom. The van der Waals surface area contributed by atoms with E-state index >= 15 is 0 Å². The first-order valence-corrected chi connectivity index (χ1v) is 9.50. The van der Waals surface area contributed by atoms with Gasteiger partial charge < -0.3 is 14.8 Å². The Labute approximate surface area is 164 Å². The van der Waals surface area contributed by atoms with E-state index in [1.54, 1.807) is 0 Å². The van der Waals surface area contributed by atoms with Gasteiger partial charge in [-0.15, -0.1) is 12.4 Å². The predicted octanol–water partition coefficient (Wildman–Crippen LogP) is 1.99. The summed E-state index contributed by atoms with van der Waals surface area (Å²) in [5.74, 6) is -0.410. The van der Waals surface area contributed by atoms with Crippen molar-refractivity contribution >= 4 is 28.4 Å². The van der Waals surface area contributed by atoms with E-state index in [9.17, 15) is 13.2 Å². The molecular formula is C18H21ClN2O5S. The molecule has 146 valence electrons. The fourth-order valence-electron chi connectivity index (χ4n) is 2.84. The predicted molar refractivity (Wildman–Crippen MR) is 103 cm³/mol. The average molecular weight is 413 g/mol. The quantitative estimate of drug-likeness (QED) is 0.705. The SMILES string of the molecule is COC(=O)c1cc(S(=O)(=O)NCc2ccc3c(c2)CNC3)ccc1OC.Cl. The van der Waals surface area contributed by atoms with Crippen LogP contribution in [0.3, 0.4) is 0 Å². The van der Waals surface area contributed by atoms with Crippen LogP contribution in [0.25, 0.3) is 0 Å². The third-order valence-corrected chi connectivity index (χ3v) is 5.65. The van der Waals surface area contributed by atoms with Gasteiger partial charge in [-0.05, 0) is 34.9 Å². The Hall–Kier alpha value is -2.13. The molecule has 2 N–H and O–H groups in total. The van der Waals surface area contributed by atoms with Gasteiger partial charge in [-0.1, -0.05) is 18.2 Å². The molecule has 1 aliphatic rings. The van der Waals surface area contributed by atoms with E-state index in [-0.39, 0.29) is 35.2 Å². The van der Waals surface area contributed by atoms with Crippen molar-refractivity contribution in [1.29, 1.82) is 0 Å². The van der Waals surface area contributed by atoms with Crippen molar-refractivity contribution in [3.63, 3.8) is 0 Å². The van der Waals surface area contributed by atoms with Crippen LogP contribution in [0.4, 0.5) is 0 Å². The molecule has 0 radical (unpaired) electrons. The summed E-state index contributed by atoms with van der Waals surface area (Å²) in [5.41, 5.74) is 3.34. The number of methoxy groups -OCH3 is 2. The van der Waals surface area contributed by atoms with Gasteiger partial charge in [-0.3, -0.25) is 0 Å². The summed E-state index contributed by atoms with van der Waals surface area (Å²) in [5, 5.41) is 3.25. The lowest BCUT2D eigenvalue weighted by atomic mass is 10.1. The standard InChI is InChI=1S/C18H20N2O5S.ClH/c1-24-17-6-5-15(8-16(17)18(21)25-2)26(22,23)20-9-12-3-4-13-10-19-11-14(13)7-12;/h3-8,19-20H,9-11H2,1-2H3;1H. The van der Waals surface area contributed by atoms with Gasteiger partial charge in [0, 0.05) is 19.6 Å². The third-order valence-electron chi connectivity index (χ3n) is 4.25. The van der Waals surface area contributed by atoms with E-state index in [4.69, 9.17) is 4.74 Å². The number of carbonyl (C=O) groups is 1. The van der Waals surface area contributed by atoms with Crippen molar-refractivity contribution in [2.75, 3.05) is 14.2 Å². The fraction of sp³-hybridized carbons (Fsp3) is 0.278. The van der Waals surface area contributed by atoms with Crippen LogP contribution in [0.5, 0.6) is 5.75 Å². The summed E-state index contributed by atoms with van der Waals surface area (Å²) >= 11 is 0. The van der Waals surface area contributed by atoms with E-state index in [2.05, 4.69) is 14.8 Å². The Morgan fingerprint density at radius 2 is 1.85 bits per heavy atom. The molecule has 3 rings (SSSR count). The zero-order valence-corrected chi connectivity index (χ0v) is 16.6. The molecule has 0 bridgehead atoms. The molecule has 2 aromatic carbocycles. The van der Waals surface area contributed by atoms with E-state index in [1.165, 1.54) is 43.5 Å². The van der Waals surface area contributed by atoms with Gasteiger partial charge in [0.05, 0.1) is 19.1 Å². The molecule has 7 nitrogen and oxygen atoms in total. The maximum atomic E-state index is 12.6. The number of nitrogens with one attached hydrogen (secondary N) is 2. The Morgan fingerprint density at radius 3 is 2.56 bits per heavy atom. The first kappa shape index (κ1) is 21.2. The van der Waals surface area contributed by atoms with E-state index in [0.717, 1.165) is 18.7 Å². The van der Waals surface area contributed by atoms with Crippen LogP contribution in [-0.2, 0) is 34.4 Å². The van der Waals surface area contributed by atoms with Gasteiger partial charge in [-0.25, -0.2) is 17.9 Å². The highest BCUT2D eigenvalue weighted by molar-refractivity contribution is 7.89. The minimum atomic E-state index is -3.79. The first-order chi connectivity index (χ1) is 12.4. The van der Waals surface area contributed by atoms with E-state index in [1.807, 2.05) is 18.2 Å². The second-order valence-electron chi connectivity index (χ2n) is 5.88. The number of benzene rings is 2. The molecule has 0 saturated carbocycles. The molecule has 0 atom stereocenters. The number of halogens is 1. The smallest absolute Gasteiger partial charge is 0.341 e. The van der Waals surface area contributed by atoms with Gasteiger partial charge in [0.15, 0.2) is 0 Å². The lowest BCUT2D eigenvalue weighted by Crippen LogP contribution is -2.23. The summed E-state index contributed by atoms with van der Waals surface area (Å²) in [7, 11) is -1.16. The molecular weight excluding hydrogens is 392 g/mol. The second-order valence-corrected chi connectivity index (χ2v) is 7.65. The highest BCUT2D eigenvalue weighted by Gasteiger charge is 2.20. The first-order valence-electron chi connectivity index (χ1n) is 8.02. The van der Waals surface area contributed by atoms with Gasteiger partial charge in [0.25, 0.3) is 0 Å². The molecule has 0 saturated heterocycles. The summed E-state index contributed by atoms with van der Waals surface area (Å²) < 4.78 is 37.5. The zero-order chi connectivity index (χ0) is 18.7. The fourth-order valence-corrected chi connectivity index (χ4v) is 3.89. The molecule has 0 aliphatic carbocycles. The number of sulfonamides is 1. The molecule has 0 amide bonds. The lowest BCUT2D eigenvalue weighted by molar-refractivity contribution is 0.0597. The summed E-state index contributed by atoms with van der Waals surface area (Å²) in [6.45, 7) is 1.79. The maximum Gasteiger partial charge on any atom is 0.341 e. The van der Waals surface area contributed by atoms with Crippen LogP contribution < -0.4 is 14.8 Å². The molecule has 9 heteroatoms. The van der Waals surface area contributed by atoms with Crippen molar-refractivity contribution in [2.24, 2.45) is 0 Å². The summed E-state index contributed by atoms with van der Waals surface area (Å²) in [6.07, 6.45) is 0.